The highest BCUT2D eigenvalue weighted by atomic mass is 79.9. The molecule has 0 spiro atoms. The van der Waals surface area contributed by atoms with Gasteiger partial charge in [-0.2, -0.15) is 0 Å². The molecule has 0 aliphatic heterocycles. The van der Waals surface area contributed by atoms with Crippen LogP contribution in [-0.2, 0) is 0 Å². The summed E-state index contributed by atoms with van der Waals surface area (Å²) in [5.41, 5.74) is 1.31. The van der Waals surface area contributed by atoms with Gasteiger partial charge in [0.05, 0.1) is 0 Å². The summed E-state index contributed by atoms with van der Waals surface area (Å²) in [6.07, 6.45) is 1.17. The first-order valence-corrected chi connectivity index (χ1v) is 6.11. The quantitative estimate of drug-likeness (QED) is 0.720. The number of rotatable bonds is 2. The van der Waals surface area contributed by atoms with Gasteiger partial charge < -0.3 is 0 Å². The molecular formula is C14H14Br. The van der Waals surface area contributed by atoms with E-state index < -0.39 is 0 Å². The molecule has 2 aromatic rings. The van der Waals surface area contributed by atoms with E-state index in [0.29, 0.717) is 5.92 Å². The fourth-order valence-corrected chi connectivity index (χ4v) is 2.05. The second-order valence-electron chi connectivity index (χ2n) is 3.95. The lowest BCUT2D eigenvalue weighted by Crippen LogP contribution is -1.91. The normalized spacial score (nSPS) is 13.0. The zero-order valence-electron chi connectivity index (χ0n) is 9.05. The molecule has 0 aliphatic rings. The molecule has 0 fully saturated rings. The molecule has 0 heterocycles. The third kappa shape index (κ3) is 2.23. The van der Waals surface area contributed by atoms with Gasteiger partial charge >= 0.3 is 0 Å². The standard InChI is InChI=1S/C14H14Br/c1-3-10(2)11-4-5-13-9-14(15)7-6-12(13)8-11/h4-7,9-10H,3H2,1-2H3. The molecule has 1 heteroatoms. The molecule has 0 N–H and O–H groups in total. The lowest BCUT2D eigenvalue weighted by molar-refractivity contribution is 0.733. The van der Waals surface area contributed by atoms with E-state index in [1.54, 1.807) is 0 Å². The first-order valence-electron chi connectivity index (χ1n) is 5.32. The smallest absolute Gasteiger partial charge is 0.0181 e. The van der Waals surface area contributed by atoms with Gasteiger partial charge in [0, 0.05) is 4.47 Å². The molecule has 1 unspecified atom stereocenters. The summed E-state index contributed by atoms with van der Waals surface area (Å²) in [6, 6.07) is 14.2. The van der Waals surface area contributed by atoms with Crippen LogP contribution in [0, 0.1) is 6.07 Å². The van der Waals surface area contributed by atoms with E-state index in [9.17, 15) is 0 Å². The van der Waals surface area contributed by atoms with E-state index in [1.807, 2.05) is 0 Å². The van der Waals surface area contributed by atoms with Crippen molar-refractivity contribution in [1.29, 1.82) is 0 Å². The minimum absolute atomic E-state index is 0.595. The lowest BCUT2D eigenvalue weighted by Gasteiger charge is -2.09. The van der Waals surface area contributed by atoms with E-state index in [1.165, 1.54) is 22.8 Å². The van der Waals surface area contributed by atoms with Gasteiger partial charge in [-0.25, -0.2) is 0 Å². The van der Waals surface area contributed by atoms with Crippen LogP contribution in [0.1, 0.15) is 31.7 Å². The van der Waals surface area contributed by atoms with Crippen LogP contribution in [0.2, 0.25) is 0 Å². The lowest BCUT2D eigenvalue weighted by atomic mass is 9.96. The topological polar surface area (TPSA) is 0 Å². The number of benzene rings is 2. The fourth-order valence-electron chi connectivity index (χ4n) is 1.67. The van der Waals surface area contributed by atoms with Crippen molar-refractivity contribution in [1.82, 2.24) is 0 Å². The van der Waals surface area contributed by atoms with Crippen molar-refractivity contribution in [3.63, 3.8) is 0 Å². The van der Waals surface area contributed by atoms with E-state index >= 15 is 0 Å². The molecule has 1 radical (unpaired) electrons. The Hall–Kier alpha value is -0.820. The Bertz CT molecular complexity index is 474. The maximum atomic E-state index is 3.48. The number of hydrogen-bond acceptors (Lipinski definition) is 0. The summed E-state index contributed by atoms with van der Waals surface area (Å²) in [5.74, 6) is 0.595. The molecule has 0 aliphatic carbocycles. The molecule has 0 saturated heterocycles. The Morgan fingerprint density at radius 2 is 2.07 bits per heavy atom. The number of halogens is 1. The molecule has 0 nitrogen and oxygen atoms in total. The van der Waals surface area contributed by atoms with Crippen LogP contribution in [0.3, 0.4) is 0 Å². The van der Waals surface area contributed by atoms with Gasteiger partial charge in [0.15, 0.2) is 0 Å². The van der Waals surface area contributed by atoms with Crippen molar-refractivity contribution in [2.45, 2.75) is 26.2 Å². The third-order valence-electron chi connectivity index (χ3n) is 2.88. The monoisotopic (exact) mass is 261 g/mol. The highest BCUT2D eigenvalue weighted by molar-refractivity contribution is 9.10. The van der Waals surface area contributed by atoms with Crippen molar-refractivity contribution in [3.8, 4) is 0 Å². The largest absolute Gasteiger partial charge is 0.0648 e. The van der Waals surface area contributed by atoms with Crippen LogP contribution in [0.5, 0.6) is 0 Å². The van der Waals surface area contributed by atoms with Gasteiger partial charge in [-0.05, 0) is 46.9 Å². The van der Waals surface area contributed by atoms with Crippen LogP contribution in [-0.4, -0.2) is 0 Å². The summed E-state index contributed by atoms with van der Waals surface area (Å²) in [5, 5.41) is 2.45. The van der Waals surface area contributed by atoms with E-state index in [-0.39, 0.29) is 0 Å². The molecule has 15 heavy (non-hydrogen) atoms. The van der Waals surface area contributed by atoms with Crippen molar-refractivity contribution < 1.29 is 0 Å². The van der Waals surface area contributed by atoms with Crippen LogP contribution in [0.4, 0.5) is 0 Å². The Labute approximate surface area is 99.4 Å². The summed E-state index contributed by atoms with van der Waals surface area (Å²) in [6.45, 7) is 4.46. The first-order chi connectivity index (χ1) is 7.20. The molecule has 0 amide bonds. The zero-order valence-corrected chi connectivity index (χ0v) is 10.6. The molecule has 2 aromatic carbocycles. The third-order valence-corrected chi connectivity index (χ3v) is 3.37. The van der Waals surface area contributed by atoms with Gasteiger partial charge in [-0.3, -0.25) is 0 Å². The SMILES string of the molecule is CCC(C)c1[c]c2ccc(Br)cc2cc1. The van der Waals surface area contributed by atoms with Gasteiger partial charge in [-0.1, -0.05) is 48.0 Å². The molecular weight excluding hydrogens is 248 g/mol. The van der Waals surface area contributed by atoms with Crippen molar-refractivity contribution in [2.24, 2.45) is 0 Å². The number of fused-ring (bicyclic) bond motifs is 1. The number of hydrogen-bond donors (Lipinski definition) is 0. The van der Waals surface area contributed by atoms with Gasteiger partial charge in [0.1, 0.15) is 0 Å². The van der Waals surface area contributed by atoms with Gasteiger partial charge in [0.2, 0.25) is 0 Å². The van der Waals surface area contributed by atoms with Crippen LogP contribution in [0.25, 0.3) is 10.8 Å². The van der Waals surface area contributed by atoms with Gasteiger partial charge in [-0.15, -0.1) is 0 Å². The van der Waals surface area contributed by atoms with Crippen LogP contribution in [0.15, 0.2) is 34.8 Å². The maximum absolute atomic E-state index is 3.48. The highest BCUT2D eigenvalue weighted by Gasteiger charge is 2.04. The fraction of sp³-hybridized carbons (Fsp3) is 0.286. The summed E-state index contributed by atoms with van der Waals surface area (Å²) >= 11 is 3.48. The molecule has 0 saturated carbocycles. The summed E-state index contributed by atoms with van der Waals surface area (Å²) in [4.78, 5) is 0. The molecule has 0 aromatic heterocycles. The second kappa shape index (κ2) is 4.36. The van der Waals surface area contributed by atoms with Gasteiger partial charge in [0.25, 0.3) is 0 Å². The van der Waals surface area contributed by atoms with E-state index in [0.717, 1.165) is 4.47 Å². The summed E-state index contributed by atoms with van der Waals surface area (Å²) in [7, 11) is 0. The molecule has 2 rings (SSSR count). The predicted molar refractivity (Wildman–Crippen MR) is 69.2 cm³/mol. The average molecular weight is 262 g/mol. The molecule has 0 bridgehead atoms. The average Bonchev–Trinajstić information content (AvgIpc) is 2.27. The zero-order chi connectivity index (χ0) is 10.8. The summed E-state index contributed by atoms with van der Waals surface area (Å²) < 4.78 is 1.12. The van der Waals surface area contributed by atoms with Crippen molar-refractivity contribution >= 4 is 26.7 Å². The minimum Gasteiger partial charge on any atom is -0.0648 e. The van der Waals surface area contributed by atoms with E-state index in [4.69, 9.17) is 0 Å². The van der Waals surface area contributed by atoms with E-state index in [2.05, 4.69) is 66.2 Å². The Balaban J connectivity index is 2.52. The molecule has 77 valence electrons. The van der Waals surface area contributed by atoms with Crippen LogP contribution >= 0.6 is 15.9 Å². The first kappa shape index (κ1) is 10.7. The Morgan fingerprint density at radius 3 is 2.80 bits per heavy atom. The predicted octanol–water partition coefficient (Wildman–Crippen LogP) is 4.92. The van der Waals surface area contributed by atoms with Crippen molar-refractivity contribution in [3.05, 3.63) is 46.4 Å². The second-order valence-corrected chi connectivity index (χ2v) is 4.87. The maximum Gasteiger partial charge on any atom is 0.0181 e. The Morgan fingerprint density at radius 1 is 1.27 bits per heavy atom. The highest BCUT2D eigenvalue weighted by Crippen LogP contribution is 2.24. The van der Waals surface area contributed by atoms with Crippen LogP contribution < -0.4 is 0 Å². The van der Waals surface area contributed by atoms with Crippen molar-refractivity contribution in [2.75, 3.05) is 0 Å². The Kier molecular flexibility index (Phi) is 3.11. The minimum atomic E-state index is 0.595. The molecule has 1 atom stereocenters.